The van der Waals surface area contributed by atoms with E-state index in [4.69, 9.17) is 32.7 Å². The van der Waals surface area contributed by atoms with Crippen molar-refractivity contribution in [3.63, 3.8) is 0 Å². The molecule has 0 fully saturated rings. The fourth-order valence-corrected chi connectivity index (χ4v) is 3.03. The maximum atomic E-state index is 13.8. The summed E-state index contributed by atoms with van der Waals surface area (Å²) < 4.78 is 24.7. The molecule has 3 aromatic carbocycles. The van der Waals surface area contributed by atoms with Crippen LogP contribution in [0.1, 0.15) is 11.1 Å². The molecule has 0 heterocycles. The maximum absolute atomic E-state index is 13.8. The third-order valence-corrected chi connectivity index (χ3v) is 4.64. The Balaban J connectivity index is 1.63. The zero-order chi connectivity index (χ0) is 19.2. The molecule has 140 valence electrons. The van der Waals surface area contributed by atoms with Crippen LogP contribution >= 0.6 is 23.2 Å². The van der Waals surface area contributed by atoms with Crippen LogP contribution in [-0.4, -0.2) is 7.11 Å². The molecule has 0 spiro atoms. The van der Waals surface area contributed by atoms with Gasteiger partial charge in [0, 0.05) is 17.8 Å². The smallest absolute Gasteiger partial charge is 0.137 e. The van der Waals surface area contributed by atoms with Gasteiger partial charge < -0.3 is 14.8 Å². The van der Waals surface area contributed by atoms with E-state index in [1.54, 1.807) is 25.3 Å². The molecule has 0 aliphatic carbocycles. The number of rotatable bonds is 7. The van der Waals surface area contributed by atoms with Crippen molar-refractivity contribution in [2.45, 2.75) is 13.2 Å². The normalized spacial score (nSPS) is 10.5. The molecule has 27 heavy (non-hydrogen) atoms. The summed E-state index contributed by atoms with van der Waals surface area (Å²) in [6.07, 6.45) is 0. The van der Waals surface area contributed by atoms with Gasteiger partial charge in [-0.1, -0.05) is 41.4 Å². The van der Waals surface area contributed by atoms with Gasteiger partial charge >= 0.3 is 0 Å². The lowest BCUT2D eigenvalue weighted by Gasteiger charge is -2.12. The van der Waals surface area contributed by atoms with Gasteiger partial charge in [0.25, 0.3) is 0 Å². The Labute approximate surface area is 167 Å². The number of benzene rings is 3. The van der Waals surface area contributed by atoms with Crippen molar-refractivity contribution in [3.05, 3.63) is 87.7 Å². The molecular formula is C21H18Cl2FNO2. The van der Waals surface area contributed by atoms with Crippen LogP contribution in [0.3, 0.4) is 0 Å². The molecule has 3 nitrogen and oxygen atoms in total. The van der Waals surface area contributed by atoms with E-state index in [2.05, 4.69) is 5.32 Å². The zero-order valence-electron chi connectivity index (χ0n) is 14.6. The molecule has 0 aromatic heterocycles. The van der Waals surface area contributed by atoms with E-state index >= 15 is 0 Å². The Kier molecular flexibility index (Phi) is 6.43. The van der Waals surface area contributed by atoms with Gasteiger partial charge in [-0.15, -0.1) is 0 Å². The Morgan fingerprint density at radius 3 is 2.52 bits per heavy atom. The molecule has 0 aliphatic heterocycles. The van der Waals surface area contributed by atoms with Crippen molar-refractivity contribution in [2.75, 3.05) is 12.4 Å². The molecule has 0 saturated carbocycles. The van der Waals surface area contributed by atoms with Crippen molar-refractivity contribution >= 4 is 28.9 Å². The summed E-state index contributed by atoms with van der Waals surface area (Å²) in [5, 5.41) is 4.19. The Bertz CT molecular complexity index is 914. The van der Waals surface area contributed by atoms with Crippen LogP contribution in [0.4, 0.5) is 10.1 Å². The highest BCUT2D eigenvalue weighted by atomic mass is 35.5. The van der Waals surface area contributed by atoms with Crippen molar-refractivity contribution in [1.82, 2.24) is 0 Å². The molecule has 0 bridgehead atoms. The summed E-state index contributed by atoms with van der Waals surface area (Å²) in [5.74, 6) is 0.891. The Hall–Kier alpha value is -2.43. The van der Waals surface area contributed by atoms with Crippen molar-refractivity contribution in [2.24, 2.45) is 0 Å². The summed E-state index contributed by atoms with van der Waals surface area (Å²) in [6.45, 7) is 0.650. The number of halogens is 3. The predicted octanol–water partition coefficient (Wildman–Crippen LogP) is 6.33. The number of hydrogen-bond acceptors (Lipinski definition) is 3. The van der Waals surface area contributed by atoms with Crippen LogP contribution in [0, 0.1) is 5.82 Å². The monoisotopic (exact) mass is 405 g/mol. The number of anilines is 1. The van der Waals surface area contributed by atoms with E-state index in [0.717, 1.165) is 11.3 Å². The molecule has 0 aliphatic rings. The quantitative estimate of drug-likeness (QED) is 0.497. The van der Waals surface area contributed by atoms with E-state index in [1.807, 2.05) is 36.4 Å². The van der Waals surface area contributed by atoms with Crippen LogP contribution < -0.4 is 14.8 Å². The summed E-state index contributed by atoms with van der Waals surface area (Å²) in [6, 6.07) is 17.7. The second kappa shape index (κ2) is 8.98. The SMILES string of the molecule is COc1ccc(NCc2cccc(OCc3c(F)cccc3Cl)c2)cc1Cl. The highest BCUT2D eigenvalue weighted by Gasteiger charge is 2.08. The minimum atomic E-state index is -0.378. The van der Waals surface area contributed by atoms with Crippen LogP contribution in [0.15, 0.2) is 60.7 Å². The second-order valence-electron chi connectivity index (χ2n) is 5.84. The number of hydrogen-bond donors (Lipinski definition) is 1. The van der Waals surface area contributed by atoms with E-state index in [1.165, 1.54) is 6.07 Å². The van der Waals surface area contributed by atoms with Gasteiger partial charge in [0.05, 0.1) is 17.2 Å². The van der Waals surface area contributed by atoms with Gasteiger partial charge in [0.2, 0.25) is 0 Å². The Morgan fingerprint density at radius 1 is 0.963 bits per heavy atom. The lowest BCUT2D eigenvalue weighted by Crippen LogP contribution is -2.02. The summed E-state index contributed by atoms with van der Waals surface area (Å²) >= 11 is 12.2. The van der Waals surface area contributed by atoms with Crippen LogP contribution in [0.2, 0.25) is 10.0 Å². The fraction of sp³-hybridized carbons (Fsp3) is 0.143. The molecule has 0 unspecified atom stereocenters. The average Bonchev–Trinajstić information content (AvgIpc) is 2.66. The molecule has 6 heteroatoms. The molecule has 0 amide bonds. The van der Waals surface area contributed by atoms with Crippen molar-refractivity contribution < 1.29 is 13.9 Å². The van der Waals surface area contributed by atoms with Gasteiger partial charge in [-0.2, -0.15) is 0 Å². The van der Waals surface area contributed by atoms with Crippen LogP contribution in [0.5, 0.6) is 11.5 Å². The first-order valence-electron chi connectivity index (χ1n) is 8.29. The summed E-state index contributed by atoms with van der Waals surface area (Å²) in [4.78, 5) is 0. The van der Waals surface area contributed by atoms with Gasteiger partial charge in [-0.3, -0.25) is 0 Å². The van der Waals surface area contributed by atoms with E-state index in [0.29, 0.717) is 33.7 Å². The average molecular weight is 406 g/mol. The maximum Gasteiger partial charge on any atom is 0.137 e. The number of methoxy groups -OCH3 is 1. The van der Waals surface area contributed by atoms with Gasteiger partial charge in [0.1, 0.15) is 23.9 Å². The first-order chi connectivity index (χ1) is 13.1. The minimum absolute atomic E-state index is 0.0659. The molecule has 0 atom stereocenters. The lowest BCUT2D eigenvalue weighted by atomic mass is 10.2. The van der Waals surface area contributed by atoms with E-state index in [-0.39, 0.29) is 12.4 Å². The lowest BCUT2D eigenvalue weighted by molar-refractivity contribution is 0.299. The molecular weight excluding hydrogens is 388 g/mol. The fourth-order valence-electron chi connectivity index (χ4n) is 2.55. The largest absolute Gasteiger partial charge is 0.495 e. The Morgan fingerprint density at radius 2 is 1.78 bits per heavy atom. The first-order valence-corrected chi connectivity index (χ1v) is 9.04. The zero-order valence-corrected chi connectivity index (χ0v) is 16.1. The standard InChI is InChI=1S/C21H18Cl2FNO2/c1-26-21-9-8-15(11-19(21)23)25-12-14-4-2-5-16(10-14)27-13-17-18(22)6-3-7-20(17)24/h2-11,25H,12-13H2,1H3. The van der Waals surface area contributed by atoms with Gasteiger partial charge in [-0.25, -0.2) is 4.39 Å². The predicted molar refractivity (Wildman–Crippen MR) is 108 cm³/mol. The molecule has 0 radical (unpaired) electrons. The number of nitrogens with one attached hydrogen (secondary N) is 1. The van der Waals surface area contributed by atoms with E-state index < -0.39 is 0 Å². The van der Waals surface area contributed by atoms with Crippen molar-refractivity contribution in [3.8, 4) is 11.5 Å². The molecule has 3 aromatic rings. The second-order valence-corrected chi connectivity index (χ2v) is 6.65. The molecule has 0 saturated heterocycles. The van der Waals surface area contributed by atoms with Gasteiger partial charge in [0.15, 0.2) is 0 Å². The first kappa shape index (κ1) is 19.3. The van der Waals surface area contributed by atoms with Gasteiger partial charge in [-0.05, 0) is 48.0 Å². The highest BCUT2D eigenvalue weighted by molar-refractivity contribution is 6.32. The third kappa shape index (κ3) is 5.06. The van der Waals surface area contributed by atoms with Crippen LogP contribution in [-0.2, 0) is 13.2 Å². The van der Waals surface area contributed by atoms with Crippen molar-refractivity contribution in [1.29, 1.82) is 0 Å². The van der Waals surface area contributed by atoms with Crippen LogP contribution in [0.25, 0.3) is 0 Å². The minimum Gasteiger partial charge on any atom is -0.495 e. The van der Waals surface area contributed by atoms with E-state index in [9.17, 15) is 4.39 Å². The molecule has 1 N–H and O–H groups in total. The number of ether oxygens (including phenoxy) is 2. The topological polar surface area (TPSA) is 30.5 Å². The third-order valence-electron chi connectivity index (χ3n) is 3.99. The molecule has 3 rings (SSSR count). The summed E-state index contributed by atoms with van der Waals surface area (Å²) in [5.41, 5.74) is 2.24. The summed E-state index contributed by atoms with van der Waals surface area (Å²) in [7, 11) is 1.58. The highest BCUT2D eigenvalue weighted by Crippen LogP contribution is 2.27.